The van der Waals surface area contributed by atoms with E-state index < -0.39 is 23.7 Å². The molecule has 41 heavy (non-hydrogen) atoms. The lowest BCUT2D eigenvalue weighted by Gasteiger charge is -2.42. The third-order valence-electron chi connectivity index (χ3n) is 8.77. The fourth-order valence-electron chi connectivity index (χ4n) is 6.94. The van der Waals surface area contributed by atoms with E-state index in [-0.39, 0.29) is 47.1 Å². The van der Waals surface area contributed by atoms with Crippen molar-refractivity contribution in [3.8, 4) is 17.2 Å². The van der Waals surface area contributed by atoms with Crippen molar-refractivity contribution in [2.45, 2.75) is 25.7 Å². The molecule has 8 heteroatoms. The van der Waals surface area contributed by atoms with E-state index in [9.17, 15) is 24.3 Å². The van der Waals surface area contributed by atoms with Crippen molar-refractivity contribution in [2.75, 3.05) is 19.1 Å². The van der Waals surface area contributed by atoms with Crippen LogP contribution < -0.4 is 14.4 Å². The van der Waals surface area contributed by atoms with Gasteiger partial charge in [0.2, 0.25) is 11.8 Å². The number of allylic oxidation sites excluding steroid dienone is 6. The number of anilines is 1. The molecule has 1 fully saturated rings. The van der Waals surface area contributed by atoms with Crippen molar-refractivity contribution in [3.63, 3.8) is 0 Å². The first-order valence-electron chi connectivity index (χ1n) is 13.5. The molecule has 0 saturated carbocycles. The summed E-state index contributed by atoms with van der Waals surface area (Å²) >= 11 is 0. The Morgan fingerprint density at radius 3 is 2.24 bits per heavy atom. The normalized spacial score (nSPS) is 25.3. The van der Waals surface area contributed by atoms with Crippen molar-refractivity contribution >= 4 is 35.1 Å². The number of aromatic hydroxyl groups is 1. The fourth-order valence-corrected chi connectivity index (χ4v) is 6.94. The molecule has 4 aliphatic rings. The number of Topliss-reactive ketones (excluding diaryl/α,β-unsaturated/α-hetero) is 1. The van der Waals surface area contributed by atoms with Crippen molar-refractivity contribution in [1.29, 1.82) is 0 Å². The van der Waals surface area contributed by atoms with Crippen molar-refractivity contribution in [2.24, 2.45) is 17.8 Å². The highest BCUT2D eigenvalue weighted by atomic mass is 16.5. The maximum atomic E-state index is 14.1. The highest BCUT2D eigenvalue weighted by molar-refractivity contribution is 6.25. The Hall–Kier alpha value is -4.72. The first kappa shape index (κ1) is 26.5. The Labute approximate surface area is 237 Å². The minimum absolute atomic E-state index is 0.0850. The number of phenols is 1. The van der Waals surface area contributed by atoms with Gasteiger partial charge in [0.15, 0.2) is 11.6 Å². The zero-order chi connectivity index (χ0) is 29.2. The number of ether oxygens (including phenoxy) is 2. The van der Waals surface area contributed by atoms with Crippen LogP contribution in [0.3, 0.4) is 0 Å². The van der Waals surface area contributed by atoms with Gasteiger partial charge in [-0.3, -0.25) is 24.1 Å². The standard InChI is InChI=1S/C33H29NO7/c1-5-17-6-8-18(9-7-17)34-32(38)21-11-10-20-22(27(21)33(34)39)15-23-28(24(36)12-16(2)31(23)37)29(20)30-25(40-3)13-19(35)14-26(30)41-4/h5-10,12-14,21-22,27,29,35H,1,11,15H2,2-4H3. The summed E-state index contributed by atoms with van der Waals surface area (Å²) in [5, 5.41) is 10.3. The molecule has 4 unspecified atom stereocenters. The number of hydrogen-bond donors (Lipinski definition) is 1. The second-order valence-electron chi connectivity index (χ2n) is 10.8. The summed E-state index contributed by atoms with van der Waals surface area (Å²) in [5.41, 5.74) is 3.59. The van der Waals surface area contributed by atoms with Crippen LogP contribution in [0, 0.1) is 17.8 Å². The topological polar surface area (TPSA) is 110 Å². The van der Waals surface area contributed by atoms with E-state index in [1.54, 1.807) is 37.3 Å². The number of fused-ring (bicyclic) bond motifs is 3. The van der Waals surface area contributed by atoms with Crippen LogP contribution in [0.2, 0.25) is 0 Å². The second kappa shape index (κ2) is 9.73. The Balaban J connectivity index is 1.52. The summed E-state index contributed by atoms with van der Waals surface area (Å²) < 4.78 is 11.3. The average molecular weight is 552 g/mol. The lowest BCUT2D eigenvalue weighted by Crippen LogP contribution is -2.40. The highest BCUT2D eigenvalue weighted by Gasteiger charge is 2.57. The van der Waals surface area contributed by atoms with Crippen molar-refractivity contribution in [1.82, 2.24) is 0 Å². The lowest BCUT2D eigenvalue weighted by molar-refractivity contribution is -0.123. The number of imide groups is 1. The minimum atomic E-state index is -0.764. The van der Waals surface area contributed by atoms with Crippen LogP contribution in [-0.2, 0) is 19.2 Å². The molecule has 2 amide bonds. The molecule has 2 aromatic rings. The molecule has 1 N–H and O–H groups in total. The summed E-state index contributed by atoms with van der Waals surface area (Å²) in [6.45, 7) is 5.36. The molecular weight excluding hydrogens is 522 g/mol. The van der Waals surface area contributed by atoms with Gasteiger partial charge in [0.05, 0.1) is 31.7 Å². The van der Waals surface area contributed by atoms with Gasteiger partial charge in [0.1, 0.15) is 17.2 Å². The minimum Gasteiger partial charge on any atom is -0.508 e. The van der Waals surface area contributed by atoms with Gasteiger partial charge < -0.3 is 14.6 Å². The maximum absolute atomic E-state index is 14.1. The van der Waals surface area contributed by atoms with Crippen LogP contribution in [0.4, 0.5) is 5.69 Å². The summed E-state index contributed by atoms with van der Waals surface area (Å²) in [4.78, 5) is 56.1. The van der Waals surface area contributed by atoms with Crippen molar-refractivity contribution < 1.29 is 33.8 Å². The van der Waals surface area contributed by atoms with Crippen molar-refractivity contribution in [3.05, 3.63) is 88.5 Å². The largest absolute Gasteiger partial charge is 0.508 e. The Morgan fingerprint density at radius 1 is 0.976 bits per heavy atom. The van der Waals surface area contributed by atoms with Crippen LogP contribution in [-0.4, -0.2) is 42.7 Å². The summed E-state index contributed by atoms with van der Waals surface area (Å²) in [5.74, 6) is -3.23. The predicted octanol–water partition coefficient (Wildman–Crippen LogP) is 4.69. The highest BCUT2D eigenvalue weighted by Crippen LogP contribution is 2.58. The van der Waals surface area contributed by atoms with E-state index in [1.807, 2.05) is 6.08 Å². The number of carbonyl (C=O) groups is 4. The van der Waals surface area contributed by atoms with Gasteiger partial charge in [-0.05, 0) is 49.5 Å². The predicted molar refractivity (Wildman–Crippen MR) is 152 cm³/mol. The second-order valence-corrected chi connectivity index (χ2v) is 10.8. The molecule has 1 saturated heterocycles. The summed E-state index contributed by atoms with van der Waals surface area (Å²) in [6.07, 6.45) is 5.44. The molecule has 0 aromatic heterocycles. The molecular formula is C33H29NO7. The van der Waals surface area contributed by atoms with Gasteiger partial charge >= 0.3 is 0 Å². The SMILES string of the molecule is C=Cc1ccc(N2C(=O)C3CC=C4C(c5c(OC)cc(O)cc5OC)C5=C(CC4C3C2=O)C(=O)C(C)=CC5=O)cc1. The van der Waals surface area contributed by atoms with Crippen LogP contribution in [0.25, 0.3) is 6.08 Å². The Kier molecular flexibility index (Phi) is 6.29. The zero-order valence-corrected chi connectivity index (χ0v) is 23.0. The number of rotatable bonds is 5. The monoisotopic (exact) mass is 551 g/mol. The van der Waals surface area contributed by atoms with Crippen LogP contribution in [0.1, 0.15) is 36.8 Å². The number of amides is 2. The molecule has 1 aliphatic heterocycles. The van der Waals surface area contributed by atoms with Gasteiger partial charge in [0, 0.05) is 40.3 Å². The molecule has 0 radical (unpaired) electrons. The van der Waals surface area contributed by atoms with Crippen LogP contribution >= 0.6 is 0 Å². The van der Waals surface area contributed by atoms with Gasteiger partial charge in [0.25, 0.3) is 0 Å². The van der Waals surface area contributed by atoms with E-state index >= 15 is 0 Å². The van der Waals surface area contributed by atoms with E-state index in [0.29, 0.717) is 34.4 Å². The maximum Gasteiger partial charge on any atom is 0.238 e. The molecule has 3 aliphatic carbocycles. The number of hydrogen-bond acceptors (Lipinski definition) is 7. The molecule has 4 atom stereocenters. The summed E-state index contributed by atoms with van der Waals surface area (Å²) in [7, 11) is 2.90. The fraction of sp³-hybridized carbons (Fsp3) is 0.273. The average Bonchev–Trinajstić information content (AvgIpc) is 3.23. The Bertz CT molecular complexity index is 1620. The number of nitrogens with zero attached hydrogens (tertiary/aromatic N) is 1. The summed E-state index contributed by atoms with van der Waals surface area (Å²) in [6, 6.07) is 9.92. The number of phenolic OH excluding ortho intramolecular Hbond substituents is 1. The first-order valence-corrected chi connectivity index (χ1v) is 13.5. The zero-order valence-electron chi connectivity index (χ0n) is 23.0. The van der Waals surface area contributed by atoms with E-state index in [4.69, 9.17) is 9.47 Å². The van der Waals surface area contributed by atoms with Gasteiger partial charge in [-0.15, -0.1) is 0 Å². The van der Waals surface area contributed by atoms with Gasteiger partial charge in [-0.25, -0.2) is 0 Å². The third kappa shape index (κ3) is 3.89. The molecule has 6 rings (SSSR count). The molecule has 0 spiro atoms. The van der Waals surface area contributed by atoms with Gasteiger partial charge in [-0.1, -0.05) is 36.4 Å². The van der Waals surface area contributed by atoms with E-state index in [1.165, 1.54) is 37.3 Å². The van der Waals surface area contributed by atoms with Crippen LogP contribution in [0.5, 0.6) is 17.2 Å². The quantitative estimate of drug-likeness (QED) is 0.326. The molecule has 2 aromatic carbocycles. The van der Waals surface area contributed by atoms with E-state index in [0.717, 1.165) is 11.1 Å². The third-order valence-corrected chi connectivity index (χ3v) is 8.77. The number of methoxy groups -OCH3 is 2. The van der Waals surface area contributed by atoms with Gasteiger partial charge in [-0.2, -0.15) is 0 Å². The molecule has 208 valence electrons. The number of carbonyl (C=O) groups excluding carboxylic acids is 4. The number of benzene rings is 2. The first-order chi connectivity index (χ1) is 19.7. The molecule has 8 nitrogen and oxygen atoms in total. The Morgan fingerprint density at radius 2 is 1.63 bits per heavy atom. The molecule has 1 heterocycles. The van der Waals surface area contributed by atoms with Crippen LogP contribution in [0.15, 0.2) is 77.4 Å². The smallest absolute Gasteiger partial charge is 0.238 e. The lowest BCUT2D eigenvalue weighted by atomic mass is 9.59. The number of ketones is 2. The molecule has 0 bridgehead atoms. The van der Waals surface area contributed by atoms with E-state index in [2.05, 4.69) is 6.58 Å².